The number of nitrogens with zero attached hydrogens (tertiary/aromatic N) is 2. The van der Waals surface area contributed by atoms with E-state index in [9.17, 15) is 14.9 Å². The maximum atomic E-state index is 11.8. The molecule has 0 aliphatic heterocycles. The van der Waals surface area contributed by atoms with Gasteiger partial charge in [0.05, 0.1) is 11.1 Å². The van der Waals surface area contributed by atoms with Crippen LogP contribution in [0.4, 0.5) is 5.69 Å². The molecule has 1 N–H and O–H groups in total. The van der Waals surface area contributed by atoms with Crippen molar-refractivity contribution >= 4 is 41.2 Å². The summed E-state index contributed by atoms with van der Waals surface area (Å²) in [6.07, 6.45) is 1.72. The van der Waals surface area contributed by atoms with Gasteiger partial charge in [-0.2, -0.15) is 5.10 Å². The van der Waals surface area contributed by atoms with Crippen LogP contribution in [0.2, 0.25) is 5.02 Å². The zero-order chi connectivity index (χ0) is 20.6. The predicted molar refractivity (Wildman–Crippen MR) is 113 cm³/mol. The summed E-state index contributed by atoms with van der Waals surface area (Å²) in [5, 5.41) is 15.3. The molecule has 0 radical (unpaired) electrons. The molecule has 3 aromatic rings. The molecule has 0 aliphatic rings. The molecule has 0 aliphatic carbocycles. The van der Waals surface area contributed by atoms with E-state index in [2.05, 4.69) is 10.5 Å². The van der Waals surface area contributed by atoms with Gasteiger partial charge in [0.15, 0.2) is 0 Å². The number of amides is 1. The van der Waals surface area contributed by atoms with Gasteiger partial charge in [-0.05, 0) is 48.5 Å². The van der Waals surface area contributed by atoms with E-state index in [4.69, 9.17) is 16.0 Å². The maximum absolute atomic E-state index is 11.8. The lowest BCUT2D eigenvalue weighted by Gasteiger charge is -2.01. The second-order valence-electron chi connectivity index (χ2n) is 5.85. The van der Waals surface area contributed by atoms with Crippen LogP contribution in [0, 0.1) is 10.1 Å². The highest BCUT2D eigenvalue weighted by Gasteiger charge is 2.08. The summed E-state index contributed by atoms with van der Waals surface area (Å²) >= 11 is 7.40. The minimum Gasteiger partial charge on any atom is -0.455 e. The molecule has 3 rings (SSSR count). The Balaban J connectivity index is 1.46. The Bertz CT molecular complexity index is 1020. The van der Waals surface area contributed by atoms with Crippen molar-refractivity contribution in [2.75, 3.05) is 5.75 Å². The van der Waals surface area contributed by atoms with E-state index >= 15 is 0 Å². The Morgan fingerprint density at radius 2 is 1.86 bits per heavy atom. The number of hydrogen-bond acceptors (Lipinski definition) is 6. The van der Waals surface area contributed by atoms with Gasteiger partial charge < -0.3 is 4.42 Å². The molecule has 148 valence electrons. The quantitative estimate of drug-likeness (QED) is 0.231. The smallest absolute Gasteiger partial charge is 0.269 e. The number of rotatable bonds is 8. The molecule has 0 saturated carbocycles. The van der Waals surface area contributed by atoms with Crippen molar-refractivity contribution in [2.24, 2.45) is 5.10 Å². The average Bonchev–Trinajstić information content (AvgIpc) is 3.18. The number of benzene rings is 2. The van der Waals surface area contributed by atoms with Crippen LogP contribution >= 0.6 is 23.4 Å². The number of nitrogens with one attached hydrogen (secondary N) is 1. The summed E-state index contributed by atoms with van der Waals surface area (Å²) in [5.41, 5.74) is 3.18. The van der Waals surface area contributed by atoms with Crippen LogP contribution in [-0.2, 0) is 4.79 Å². The fraction of sp³-hybridized carbons (Fsp3) is 0.100. The van der Waals surface area contributed by atoms with Gasteiger partial charge in [0, 0.05) is 39.8 Å². The predicted octanol–water partition coefficient (Wildman–Crippen LogP) is 5.14. The number of carbonyl (C=O) groups excluding carboxylic acids is 1. The van der Waals surface area contributed by atoms with Crippen LogP contribution in [0.15, 0.2) is 75.1 Å². The maximum Gasteiger partial charge on any atom is 0.269 e. The molecule has 1 amide bonds. The lowest BCUT2D eigenvalue weighted by atomic mass is 10.1. The highest BCUT2D eigenvalue weighted by Crippen LogP contribution is 2.24. The molecule has 1 aromatic heterocycles. The monoisotopic (exact) mass is 429 g/mol. The van der Waals surface area contributed by atoms with Gasteiger partial charge in [-0.1, -0.05) is 11.6 Å². The molecule has 29 heavy (non-hydrogen) atoms. The molecule has 0 atom stereocenters. The van der Waals surface area contributed by atoms with Gasteiger partial charge in [-0.25, -0.2) is 5.43 Å². The first kappa shape index (κ1) is 20.6. The zero-order valence-electron chi connectivity index (χ0n) is 15.1. The van der Waals surface area contributed by atoms with E-state index in [-0.39, 0.29) is 11.6 Å². The Hall–Kier alpha value is -3.10. The van der Waals surface area contributed by atoms with Gasteiger partial charge in [-0.3, -0.25) is 14.9 Å². The van der Waals surface area contributed by atoms with Crippen molar-refractivity contribution in [2.45, 2.75) is 11.3 Å². The van der Waals surface area contributed by atoms with Crippen molar-refractivity contribution < 1.29 is 14.1 Å². The topological polar surface area (TPSA) is 97.7 Å². The van der Waals surface area contributed by atoms with E-state index in [1.807, 2.05) is 24.3 Å². The molecule has 0 unspecified atom stereocenters. The minimum atomic E-state index is -0.458. The van der Waals surface area contributed by atoms with E-state index in [1.54, 1.807) is 36.0 Å². The Labute approximate surface area is 175 Å². The first-order chi connectivity index (χ1) is 14.0. The van der Waals surface area contributed by atoms with E-state index in [1.165, 1.54) is 18.3 Å². The van der Waals surface area contributed by atoms with E-state index in [0.717, 1.165) is 4.90 Å². The third kappa shape index (κ3) is 6.20. The molecule has 2 aromatic carbocycles. The highest BCUT2D eigenvalue weighted by atomic mass is 35.5. The van der Waals surface area contributed by atoms with Crippen molar-refractivity contribution in [3.05, 3.63) is 81.6 Å². The number of hydrazone groups is 1. The zero-order valence-corrected chi connectivity index (χ0v) is 16.7. The third-order valence-electron chi connectivity index (χ3n) is 3.78. The Kier molecular flexibility index (Phi) is 7.04. The number of furan rings is 1. The van der Waals surface area contributed by atoms with Crippen molar-refractivity contribution in [1.29, 1.82) is 0 Å². The van der Waals surface area contributed by atoms with E-state index in [0.29, 0.717) is 34.3 Å². The molecule has 0 spiro atoms. The Morgan fingerprint density at radius 3 is 2.55 bits per heavy atom. The molecule has 7 nitrogen and oxygen atoms in total. The lowest BCUT2D eigenvalue weighted by Crippen LogP contribution is -2.17. The molecule has 0 bridgehead atoms. The summed E-state index contributed by atoms with van der Waals surface area (Å²) in [5.74, 6) is 1.42. The molecule has 0 saturated heterocycles. The minimum absolute atomic E-state index is 0.0130. The van der Waals surface area contributed by atoms with Crippen LogP contribution in [0.1, 0.15) is 12.2 Å². The summed E-state index contributed by atoms with van der Waals surface area (Å²) in [4.78, 5) is 23.1. The number of hydrogen-bond donors (Lipinski definition) is 1. The van der Waals surface area contributed by atoms with Gasteiger partial charge in [0.1, 0.15) is 11.5 Å². The SMILES string of the molecule is O=C(CCSc1ccc(Cl)cc1)NN=Cc1ccc(-c2ccc([N+](=O)[O-])cc2)o1. The standard InChI is InChI=1S/C20H16ClN3O4S/c21-15-3-8-18(9-4-15)29-12-11-20(25)23-22-13-17-7-10-19(28-17)14-1-5-16(6-2-14)24(26)27/h1-10,13H,11-12H2,(H,23,25). The van der Waals surface area contributed by atoms with Crippen LogP contribution < -0.4 is 5.43 Å². The van der Waals surface area contributed by atoms with Crippen LogP contribution in [0.5, 0.6) is 0 Å². The Morgan fingerprint density at radius 1 is 1.14 bits per heavy atom. The van der Waals surface area contributed by atoms with E-state index < -0.39 is 4.92 Å². The van der Waals surface area contributed by atoms with Gasteiger partial charge >= 0.3 is 0 Å². The van der Waals surface area contributed by atoms with Crippen LogP contribution in [0.3, 0.4) is 0 Å². The normalized spacial score (nSPS) is 10.9. The van der Waals surface area contributed by atoms with Crippen molar-refractivity contribution in [3.8, 4) is 11.3 Å². The first-order valence-corrected chi connectivity index (χ1v) is 9.92. The van der Waals surface area contributed by atoms with Crippen LogP contribution in [-0.4, -0.2) is 22.8 Å². The van der Waals surface area contributed by atoms with Crippen molar-refractivity contribution in [1.82, 2.24) is 5.43 Å². The summed E-state index contributed by atoms with van der Waals surface area (Å²) in [6.45, 7) is 0. The van der Waals surface area contributed by atoms with Crippen LogP contribution in [0.25, 0.3) is 11.3 Å². The molecular formula is C20H16ClN3O4S. The number of nitro groups is 1. The summed E-state index contributed by atoms with van der Waals surface area (Å²) < 4.78 is 5.62. The number of non-ortho nitro benzene ring substituents is 1. The van der Waals surface area contributed by atoms with Gasteiger partial charge in [0.2, 0.25) is 5.91 Å². The largest absolute Gasteiger partial charge is 0.455 e. The third-order valence-corrected chi connectivity index (χ3v) is 5.05. The second kappa shape index (κ2) is 9.90. The molecule has 9 heteroatoms. The number of halogens is 1. The number of thioether (sulfide) groups is 1. The number of nitro benzene ring substituents is 1. The van der Waals surface area contributed by atoms with Crippen molar-refractivity contribution in [3.63, 3.8) is 0 Å². The highest BCUT2D eigenvalue weighted by molar-refractivity contribution is 7.99. The number of carbonyl (C=O) groups is 1. The van der Waals surface area contributed by atoms with Gasteiger partial charge in [0.25, 0.3) is 5.69 Å². The lowest BCUT2D eigenvalue weighted by molar-refractivity contribution is -0.384. The molecule has 0 fully saturated rings. The first-order valence-electron chi connectivity index (χ1n) is 8.56. The second-order valence-corrected chi connectivity index (χ2v) is 7.46. The van der Waals surface area contributed by atoms with Gasteiger partial charge in [-0.15, -0.1) is 11.8 Å². The summed E-state index contributed by atoms with van der Waals surface area (Å²) in [7, 11) is 0. The summed E-state index contributed by atoms with van der Waals surface area (Å²) in [6, 6.07) is 16.9. The average molecular weight is 430 g/mol. The fourth-order valence-corrected chi connectivity index (χ4v) is 3.32. The molecule has 1 heterocycles. The molecular weight excluding hydrogens is 414 g/mol. The fourth-order valence-electron chi connectivity index (χ4n) is 2.34.